The van der Waals surface area contributed by atoms with Crippen LogP contribution in [-0.2, 0) is 9.59 Å². The molecule has 0 aliphatic carbocycles. The van der Waals surface area contributed by atoms with E-state index in [0.717, 1.165) is 9.37 Å². The molecule has 6 heteroatoms. The van der Waals surface area contributed by atoms with Gasteiger partial charge in [-0.3, -0.25) is 9.59 Å². The van der Waals surface area contributed by atoms with Gasteiger partial charge in [0.1, 0.15) is 0 Å². The molecule has 1 aromatic rings. The zero-order valence-electron chi connectivity index (χ0n) is 12.6. The highest BCUT2D eigenvalue weighted by Crippen LogP contribution is 2.34. The smallest absolute Gasteiger partial charge is 0.308 e. The molecule has 0 saturated heterocycles. The molecule has 1 rings (SSSR count). The largest absolute Gasteiger partial charge is 0.481 e. The molecule has 0 aromatic heterocycles. The average Bonchev–Trinajstić information content (AvgIpc) is 2.40. The second kappa shape index (κ2) is 7.31. The molecule has 1 atom stereocenters. The molecule has 0 aliphatic heterocycles. The fraction of sp³-hybridized carbons (Fsp3) is 0.467. The topological polar surface area (TPSA) is 57.6 Å². The number of thioether (sulfide) groups is 1. The van der Waals surface area contributed by atoms with E-state index in [1.165, 1.54) is 16.7 Å². The van der Waals surface area contributed by atoms with Gasteiger partial charge in [-0.05, 0) is 38.1 Å². The van der Waals surface area contributed by atoms with Crippen molar-refractivity contribution in [2.45, 2.75) is 30.4 Å². The highest BCUT2D eigenvalue weighted by Gasteiger charge is 2.32. The van der Waals surface area contributed by atoms with Gasteiger partial charge in [0.25, 0.3) is 0 Å². The summed E-state index contributed by atoms with van der Waals surface area (Å²) in [6, 6.07) is 7.76. The number of amides is 1. The van der Waals surface area contributed by atoms with E-state index in [0.29, 0.717) is 0 Å². The van der Waals surface area contributed by atoms with Crippen LogP contribution in [0.5, 0.6) is 0 Å². The number of hydrogen-bond acceptors (Lipinski definition) is 3. The lowest BCUT2D eigenvalue weighted by Gasteiger charge is -2.29. The van der Waals surface area contributed by atoms with Crippen molar-refractivity contribution in [2.24, 2.45) is 5.92 Å². The number of hydrogen-bond donors (Lipinski definition) is 1. The van der Waals surface area contributed by atoms with Gasteiger partial charge in [0, 0.05) is 23.0 Å². The first kappa shape index (κ1) is 18.0. The molecule has 0 bridgehead atoms. The van der Waals surface area contributed by atoms with Crippen LogP contribution in [0, 0.1) is 5.92 Å². The van der Waals surface area contributed by atoms with E-state index in [4.69, 9.17) is 5.11 Å². The highest BCUT2D eigenvalue weighted by atomic mass is 79.9. The molecule has 0 saturated carbocycles. The molecule has 0 aliphatic rings. The Kier molecular flexibility index (Phi) is 6.28. The summed E-state index contributed by atoms with van der Waals surface area (Å²) in [5.74, 6) is -1.55. The minimum atomic E-state index is -0.895. The molecule has 4 nitrogen and oxygen atoms in total. The Bertz CT molecular complexity index is 516. The number of rotatable bonds is 6. The summed E-state index contributed by atoms with van der Waals surface area (Å²) >= 11 is 4.84. The molecular formula is C15H20BrNO3S. The molecule has 0 spiro atoms. The van der Waals surface area contributed by atoms with Crippen LogP contribution >= 0.6 is 27.7 Å². The Morgan fingerprint density at radius 2 is 1.86 bits per heavy atom. The first-order chi connectivity index (χ1) is 9.63. The summed E-state index contributed by atoms with van der Waals surface area (Å²) in [6.07, 6.45) is 0. The molecule has 1 aromatic carbocycles. The van der Waals surface area contributed by atoms with Gasteiger partial charge >= 0.3 is 5.97 Å². The fourth-order valence-electron chi connectivity index (χ4n) is 1.87. The van der Waals surface area contributed by atoms with Crippen LogP contribution in [0.2, 0.25) is 0 Å². The summed E-state index contributed by atoms with van der Waals surface area (Å²) < 4.78 is 0.337. The van der Waals surface area contributed by atoms with E-state index in [1.807, 2.05) is 38.1 Å². The van der Waals surface area contributed by atoms with Crippen LogP contribution < -0.4 is 0 Å². The van der Waals surface area contributed by atoms with Crippen LogP contribution in [0.1, 0.15) is 20.8 Å². The standard InChI is InChI=1S/C15H20BrNO3S/c1-10(13(18)19)9-17(4)14(20)15(2,3)21-12-7-5-11(16)6-8-12/h5-8,10H,9H2,1-4H3,(H,18,19). The normalized spacial score (nSPS) is 12.8. The summed E-state index contributed by atoms with van der Waals surface area (Å²) in [6.45, 7) is 5.51. The number of nitrogens with zero attached hydrogens (tertiary/aromatic N) is 1. The maximum absolute atomic E-state index is 12.5. The average molecular weight is 374 g/mol. The fourth-order valence-corrected chi connectivity index (χ4v) is 3.24. The summed E-state index contributed by atoms with van der Waals surface area (Å²) in [7, 11) is 1.64. The van der Waals surface area contributed by atoms with Crippen molar-refractivity contribution >= 4 is 39.6 Å². The minimum Gasteiger partial charge on any atom is -0.481 e. The maximum Gasteiger partial charge on any atom is 0.308 e. The Labute approximate surface area is 138 Å². The van der Waals surface area contributed by atoms with Crippen LogP contribution in [-0.4, -0.2) is 40.2 Å². The van der Waals surface area contributed by atoms with E-state index in [2.05, 4.69) is 15.9 Å². The second-order valence-electron chi connectivity index (χ2n) is 5.49. The molecule has 1 N–H and O–H groups in total. The maximum atomic E-state index is 12.5. The Balaban J connectivity index is 2.74. The number of carboxylic acid groups (broad SMARTS) is 1. The Morgan fingerprint density at radius 1 is 1.33 bits per heavy atom. The van der Waals surface area contributed by atoms with Crippen LogP contribution in [0.3, 0.4) is 0 Å². The third kappa shape index (κ3) is 5.36. The van der Waals surface area contributed by atoms with Gasteiger partial charge in [0.2, 0.25) is 5.91 Å². The van der Waals surface area contributed by atoms with Crippen LogP contribution in [0.15, 0.2) is 33.6 Å². The Morgan fingerprint density at radius 3 is 2.33 bits per heavy atom. The SMILES string of the molecule is CC(CN(C)C(=O)C(C)(C)Sc1ccc(Br)cc1)C(=O)O. The molecule has 21 heavy (non-hydrogen) atoms. The van der Waals surface area contributed by atoms with Gasteiger partial charge in [-0.2, -0.15) is 0 Å². The number of carboxylic acids is 1. The lowest BCUT2D eigenvalue weighted by Crippen LogP contribution is -2.43. The number of carbonyl (C=O) groups is 2. The van der Waals surface area contributed by atoms with Gasteiger partial charge < -0.3 is 10.0 Å². The molecular weight excluding hydrogens is 354 g/mol. The molecule has 116 valence electrons. The van der Waals surface area contributed by atoms with Crippen molar-refractivity contribution in [2.75, 3.05) is 13.6 Å². The third-order valence-corrected chi connectivity index (χ3v) is 4.74. The predicted octanol–water partition coefficient (Wildman–Crippen LogP) is 3.50. The van der Waals surface area contributed by atoms with Gasteiger partial charge in [0.15, 0.2) is 0 Å². The number of carbonyl (C=O) groups excluding carboxylic acids is 1. The van der Waals surface area contributed by atoms with Gasteiger partial charge in [-0.25, -0.2) is 0 Å². The first-order valence-electron chi connectivity index (χ1n) is 6.56. The van der Waals surface area contributed by atoms with Crippen LogP contribution in [0.25, 0.3) is 0 Å². The zero-order valence-corrected chi connectivity index (χ0v) is 15.0. The van der Waals surface area contributed by atoms with E-state index in [9.17, 15) is 9.59 Å². The van der Waals surface area contributed by atoms with Crippen molar-refractivity contribution in [1.82, 2.24) is 4.90 Å². The highest BCUT2D eigenvalue weighted by molar-refractivity contribution is 9.10. The van der Waals surface area contributed by atoms with Crippen molar-refractivity contribution in [3.8, 4) is 0 Å². The van der Waals surface area contributed by atoms with Gasteiger partial charge in [-0.1, -0.05) is 22.9 Å². The summed E-state index contributed by atoms with van der Waals surface area (Å²) in [5, 5.41) is 8.93. The van der Waals surface area contributed by atoms with E-state index in [-0.39, 0.29) is 12.5 Å². The first-order valence-corrected chi connectivity index (χ1v) is 8.17. The summed E-state index contributed by atoms with van der Waals surface area (Å²) in [4.78, 5) is 25.9. The van der Waals surface area contributed by atoms with Crippen molar-refractivity contribution in [3.05, 3.63) is 28.7 Å². The zero-order chi connectivity index (χ0) is 16.2. The van der Waals surface area contributed by atoms with Crippen molar-refractivity contribution < 1.29 is 14.7 Å². The third-order valence-electron chi connectivity index (χ3n) is 3.02. The molecule has 0 radical (unpaired) electrons. The lowest BCUT2D eigenvalue weighted by molar-refractivity contribution is -0.143. The summed E-state index contributed by atoms with van der Waals surface area (Å²) in [5.41, 5.74) is 0. The van der Waals surface area contributed by atoms with E-state index >= 15 is 0 Å². The molecule has 1 amide bonds. The van der Waals surface area contributed by atoms with Gasteiger partial charge in [0.05, 0.1) is 10.7 Å². The lowest BCUT2D eigenvalue weighted by atomic mass is 10.1. The van der Waals surface area contributed by atoms with Crippen molar-refractivity contribution in [1.29, 1.82) is 0 Å². The monoisotopic (exact) mass is 373 g/mol. The molecule has 0 heterocycles. The van der Waals surface area contributed by atoms with E-state index in [1.54, 1.807) is 14.0 Å². The molecule has 1 unspecified atom stereocenters. The van der Waals surface area contributed by atoms with Crippen LogP contribution in [0.4, 0.5) is 0 Å². The Hall–Kier alpha value is -1.01. The van der Waals surface area contributed by atoms with Gasteiger partial charge in [-0.15, -0.1) is 11.8 Å². The number of halogens is 1. The van der Waals surface area contributed by atoms with Crippen molar-refractivity contribution in [3.63, 3.8) is 0 Å². The number of benzene rings is 1. The number of aliphatic carboxylic acids is 1. The molecule has 0 fully saturated rings. The quantitative estimate of drug-likeness (QED) is 0.775. The predicted molar refractivity (Wildman–Crippen MR) is 88.5 cm³/mol. The minimum absolute atomic E-state index is 0.0801. The van der Waals surface area contributed by atoms with E-state index < -0.39 is 16.6 Å². The second-order valence-corrected chi connectivity index (χ2v) is 8.10.